The van der Waals surface area contributed by atoms with Crippen LogP contribution in [-0.4, -0.2) is 15.6 Å². The van der Waals surface area contributed by atoms with Gasteiger partial charge in [0.05, 0.1) is 0 Å². The molecule has 0 aliphatic heterocycles. The maximum absolute atomic E-state index is 10.8. The summed E-state index contributed by atoms with van der Waals surface area (Å²) in [7, 11) is 0. The zero-order valence-electron chi connectivity index (χ0n) is 16.0. The van der Waals surface area contributed by atoms with Crippen molar-refractivity contribution in [2.45, 2.75) is 66.0 Å². The molecule has 3 heteroatoms. The minimum absolute atomic E-state index is 0.00421. The molecule has 0 amide bonds. The minimum Gasteiger partial charge on any atom is -0.507 e. The van der Waals surface area contributed by atoms with Gasteiger partial charge in [-0.05, 0) is 50.8 Å². The summed E-state index contributed by atoms with van der Waals surface area (Å²) < 4.78 is 0. The van der Waals surface area contributed by atoms with Crippen LogP contribution < -0.4 is 5.32 Å². The highest BCUT2D eigenvalue weighted by atomic mass is 16.3. The van der Waals surface area contributed by atoms with E-state index in [1.807, 2.05) is 25.3 Å². The quantitative estimate of drug-likeness (QED) is 0.839. The summed E-state index contributed by atoms with van der Waals surface area (Å²) in [6, 6.07) is 8.19. The van der Waals surface area contributed by atoms with Crippen LogP contribution in [0, 0.1) is 6.92 Å². The van der Waals surface area contributed by atoms with Crippen molar-refractivity contribution < 1.29 is 5.11 Å². The average molecular weight is 326 g/mol. The molecule has 0 bridgehead atoms. The lowest BCUT2D eigenvalue weighted by Crippen LogP contribution is -2.35. The Morgan fingerprint density at radius 3 is 2.21 bits per heavy atom. The molecule has 0 unspecified atom stereocenters. The lowest BCUT2D eigenvalue weighted by atomic mass is 9.83. The van der Waals surface area contributed by atoms with Crippen LogP contribution in [0.2, 0.25) is 0 Å². The van der Waals surface area contributed by atoms with Crippen molar-refractivity contribution in [1.29, 1.82) is 0 Å². The van der Waals surface area contributed by atoms with Crippen molar-refractivity contribution in [2.75, 3.05) is 0 Å². The first-order valence-electron chi connectivity index (χ1n) is 8.52. The lowest BCUT2D eigenvalue weighted by molar-refractivity contribution is 0.411. The first-order valence-corrected chi connectivity index (χ1v) is 8.52. The Balaban J connectivity index is 2.54. The number of nitrogens with one attached hydrogen (secondary N) is 1. The van der Waals surface area contributed by atoms with Crippen molar-refractivity contribution in [3.8, 4) is 16.9 Å². The molecule has 0 aliphatic rings. The van der Waals surface area contributed by atoms with Gasteiger partial charge in [-0.3, -0.25) is 4.98 Å². The van der Waals surface area contributed by atoms with Crippen LogP contribution in [0.4, 0.5) is 0 Å². The molecule has 1 aromatic carbocycles. The van der Waals surface area contributed by atoms with Gasteiger partial charge in [0.2, 0.25) is 0 Å². The number of phenols is 1. The molecule has 2 aromatic rings. The third kappa shape index (κ3) is 4.57. The largest absolute Gasteiger partial charge is 0.507 e. The van der Waals surface area contributed by atoms with E-state index in [4.69, 9.17) is 0 Å². The van der Waals surface area contributed by atoms with E-state index in [1.165, 1.54) is 5.56 Å². The van der Waals surface area contributed by atoms with Gasteiger partial charge in [-0.25, -0.2) is 0 Å². The van der Waals surface area contributed by atoms with Gasteiger partial charge >= 0.3 is 0 Å². The molecule has 0 aliphatic carbocycles. The minimum atomic E-state index is -0.00421. The molecule has 24 heavy (non-hydrogen) atoms. The Kier molecular flexibility index (Phi) is 5.05. The Hall–Kier alpha value is -1.87. The van der Waals surface area contributed by atoms with Crippen LogP contribution in [-0.2, 0) is 12.0 Å². The Morgan fingerprint density at radius 1 is 1.04 bits per heavy atom. The van der Waals surface area contributed by atoms with E-state index in [0.29, 0.717) is 12.3 Å². The number of phenolic OH excluding ortho intramolecular Hbond substituents is 1. The van der Waals surface area contributed by atoms with Crippen molar-refractivity contribution >= 4 is 0 Å². The maximum atomic E-state index is 10.8. The molecule has 0 saturated heterocycles. The number of pyridine rings is 1. The zero-order valence-corrected chi connectivity index (χ0v) is 16.0. The first kappa shape index (κ1) is 18.5. The molecule has 0 radical (unpaired) electrons. The molecular formula is C21H30N2O. The predicted molar refractivity (Wildman–Crippen MR) is 101 cm³/mol. The summed E-state index contributed by atoms with van der Waals surface area (Å²) in [4.78, 5) is 4.38. The molecule has 2 rings (SSSR count). The van der Waals surface area contributed by atoms with E-state index in [-0.39, 0.29) is 11.0 Å². The highest BCUT2D eigenvalue weighted by molar-refractivity contribution is 5.72. The molecule has 3 nitrogen and oxygen atoms in total. The second-order valence-corrected chi connectivity index (χ2v) is 8.57. The van der Waals surface area contributed by atoms with Crippen molar-refractivity contribution in [3.05, 3.63) is 47.3 Å². The predicted octanol–water partition coefficient (Wildman–Crippen LogP) is 4.95. The standard InChI is InChI=1S/C21H30N2O/c1-14-8-9-15(12-22-14)18-11-17(20(2,3)4)10-16(19(18)24)13-23-21(5,6)7/h8-12,23-24H,13H2,1-7H3. The van der Waals surface area contributed by atoms with Gasteiger partial charge in [0.15, 0.2) is 0 Å². The van der Waals surface area contributed by atoms with E-state index < -0.39 is 0 Å². The number of hydrogen-bond donors (Lipinski definition) is 2. The van der Waals surface area contributed by atoms with Gasteiger partial charge in [0, 0.05) is 40.7 Å². The average Bonchev–Trinajstić information content (AvgIpc) is 2.45. The summed E-state index contributed by atoms with van der Waals surface area (Å²) in [6.07, 6.45) is 1.83. The third-order valence-electron chi connectivity index (χ3n) is 4.09. The second kappa shape index (κ2) is 6.56. The Morgan fingerprint density at radius 2 is 1.71 bits per heavy atom. The summed E-state index contributed by atoms with van der Waals surface area (Å²) in [6.45, 7) is 15.6. The fourth-order valence-electron chi connectivity index (χ4n) is 2.47. The molecule has 0 atom stereocenters. The molecular weight excluding hydrogens is 296 g/mol. The van der Waals surface area contributed by atoms with Crippen molar-refractivity contribution in [1.82, 2.24) is 10.3 Å². The monoisotopic (exact) mass is 326 g/mol. The van der Waals surface area contributed by atoms with Crippen LogP contribution >= 0.6 is 0 Å². The molecule has 130 valence electrons. The smallest absolute Gasteiger partial charge is 0.127 e. The normalized spacial score (nSPS) is 12.5. The highest BCUT2D eigenvalue weighted by Crippen LogP contribution is 2.37. The number of aromatic nitrogens is 1. The van der Waals surface area contributed by atoms with Crippen LogP contribution in [0.3, 0.4) is 0 Å². The number of nitrogens with zero attached hydrogens (tertiary/aromatic N) is 1. The Labute approximate surface area is 146 Å². The molecule has 0 saturated carbocycles. The lowest BCUT2D eigenvalue weighted by Gasteiger charge is -2.25. The summed E-state index contributed by atoms with van der Waals surface area (Å²) in [5, 5.41) is 14.3. The van der Waals surface area contributed by atoms with Crippen LogP contribution in [0.5, 0.6) is 5.75 Å². The number of rotatable bonds is 3. The van der Waals surface area contributed by atoms with Gasteiger partial charge in [-0.2, -0.15) is 0 Å². The number of aryl methyl sites for hydroxylation is 1. The Bertz CT molecular complexity index is 704. The van der Waals surface area contributed by atoms with Crippen LogP contribution in [0.25, 0.3) is 11.1 Å². The van der Waals surface area contributed by atoms with Crippen LogP contribution in [0.1, 0.15) is 58.4 Å². The first-order chi connectivity index (χ1) is 11.0. The maximum Gasteiger partial charge on any atom is 0.127 e. The van der Waals surface area contributed by atoms with Crippen molar-refractivity contribution in [2.24, 2.45) is 0 Å². The number of benzene rings is 1. The van der Waals surface area contributed by atoms with E-state index in [0.717, 1.165) is 22.4 Å². The molecule has 1 aromatic heterocycles. The van der Waals surface area contributed by atoms with E-state index in [9.17, 15) is 5.11 Å². The highest BCUT2D eigenvalue weighted by Gasteiger charge is 2.20. The zero-order chi connectivity index (χ0) is 18.1. The van der Waals surface area contributed by atoms with Gasteiger partial charge in [-0.1, -0.05) is 32.9 Å². The summed E-state index contributed by atoms with van der Waals surface area (Å²) >= 11 is 0. The van der Waals surface area contributed by atoms with Crippen molar-refractivity contribution in [3.63, 3.8) is 0 Å². The third-order valence-corrected chi connectivity index (χ3v) is 4.09. The number of hydrogen-bond acceptors (Lipinski definition) is 3. The van der Waals surface area contributed by atoms with E-state index >= 15 is 0 Å². The van der Waals surface area contributed by atoms with E-state index in [1.54, 1.807) is 0 Å². The topological polar surface area (TPSA) is 45.1 Å². The molecule has 0 fully saturated rings. The fourth-order valence-corrected chi connectivity index (χ4v) is 2.47. The molecule has 1 heterocycles. The summed E-state index contributed by atoms with van der Waals surface area (Å²) in [5.74, 6) is 0.338. The summed E-state index contributed by atoms with van der Waals surface area (Å²) in [5.41, 5.74) is 4.91. The second-order valence-electron chi connectivity index (χ2n) is 8.57. The van der Waals surface area contributed by atoms with Gasteiger partial charge < -0.3 is 10.4 Å². The SMILES string of the molecule is Cc1ccc(-c2cc(C(C)(C)C)cc(CNC(C)(C)C)c2O)cn1. The fraction of sp³-hybridized carbons (Fsp3) is 0.476. The van der Waals surface area contributed by atoms with Crippen LogP contribution in [0.15, 0.2) is 30.5 Å². The van der Waals surface area contributed by atoms with Gasteiger partial charge in [0.25, 0.3) is 0 Å². The van der Waals surface area contributed by atoms with Gasteiger partial charge in [-0.15, -0.1) is 0 Å². The number of aromatic hydroxyl groups is 1. The van der Waals surface area contributed by atoms with E-state index in [2.05, 4.69) is 64.0 Å². The van der Waals surface area contributed by atoms with Gasteiger partial charge in [0.1, 0.15) is 5.75 Å². The molecule has 2 N–H and O–H groups in total. The molecule has 0 spiro atoms.